The normalized spacial score (nSPS) is 10.5. The first-order valence-electron chi connectivity index (χ1n) is 3.87. The fourth-order valence-corrected chi connectivity index (χ4v) is 1.02. The highest BCUT2D eigenvalue weighted by molar-refractivity contribution is 5.90. The van der Waals surface area contributed by atoms with Crippen LogP contribution in [0.3, 0.4) is 0 Å². The van der Waals surface area contributed by atoms with E-state index < -0.39 is 5.91 Å². The lowest BCUT2D eigenvalue weighted by Gasteiger charge is -1.99. The van der Waals surface area contributed by atoms with E-state index in [1.807, 2.05) is 6.92 Å². The molecule has 0 fully saturated rings. The summed E-state index contributed by atoms with van der Waals surface area (Å²) in [6, 6.07) is 4.92. The number of amides is 1. The molecule has 0 saturated carbocycles. The summed E-state index contributed by atoms with van der Waals surface area (Å²) in [4.78, 5) is 10.4. The molecule has 1 aromatic carbocycles. The molecule has 0 radical (unpaired) electrons. The lowest BCUT2D eigenvalue weighted by molar-refractivity contribution is -0.113. The average Bonchev–Trinajstić information content (AvgIpc) is 2.02. The molecule has 0 aromatic heterocycles. The number of primary amides is 1. The highest BCUT2D eigenvalue weighted by atomic mass is 16.3. The molecule has 0 saturated heterocycles. The molecule has 0 bridgehead atoms. The molecule has 1 aromatic rings. The van der Waals surface area contributed by atoms with Gasteiger partial charge in [-0.2, -0.15) is 0 Å². The van der Waals surface area contributed by atoms with E-state index in [0.29, 0.717) is 0 Å². The van der Waals surface area contributed by atoms with Crippen LogP contribution >= 0.6 is 0 Å². The van der Waals surface area contributed by atoms with Gasteiger partial charge >= 0.3 is 0 Å². The maximum absolute atomic E-state index is 10.4. The zero-order valence-corrected chi connectivity index (χ0v) is 7.32. The summed E-state index contributed by atoms with van der Waals surface area (Å²) >= 11 is 0. The molecular formula is C10H11NO2. The highest BCUT2D eigenvalue weighted by Crippen LogP contribution is 2.16. The summed E-state index contributed by atoms with van der Waals surface area (Å²) in [5.74, 6) is -0.263. The van der Waals surface area contributed by atoms with Gasteiger partial charge in [-0.05, 0) is 36.3 Å². The van der Waals surface area contributed by atoms with Gasteiger partial charge in [-0.25, -0.2) is 0 Å². The molecule has 0 aliphatic rings. The largest absolute Gasteiger partial charge is 0.508 e. The number of carbonyl (C=O) groups is 1. The van der Waals surface area contributed by atoms with E-state index >= 15 is 0 Å². The Morgan fingerprint density at radius 1 is 1.54 bits per heavy atom. The third-order valence-corrected chi connectivity index (χ3v) is 1.68. The molecule has 0 spiro atoms. The van der Waals surface area contributed by atoms with Crippen LogP contribution in [0.25, 0.3) is 6.08 Å². The van der Waals surface area contributed by atoms with Crippen LogP contribution in [0, 0.1) is 6.92 Å². The Morgan fingerprint density at radius 2 is 2.23 bits per heavy atom. The van der Waals surface area contributed by atoms with Crippen molar-refractivity contribution in [3.8, 4) is 5.75 Å². The minimum Gasteiger partial charge on any atom is -0.508 e. The molecular weight excluding hydrogens is 166 g/mol. The van der Waals surface area contributed by atoms with Gasteiger partial charge in [-0.3, -0.25) is 4.79 Å². The van der Waals surface area contributed by atoms with Gasteiger partial charge in [0.15, 0.2) is 0 Å². The lowest BCUT2D eigenvalue weighted by atomic mass is 10.1. The predicted molar refractivity (Wildman–Crippen MR) is 51.1 cm³/mol. The van der Waals surface area contributed by atoms with Crippen LogP contribution < -0.4 is 5.73 Å². The first-order chi connectivity index (χ1) is 6.09. The molecule has 1 rings (SSSR count). The van der Waals surface area contributed by atoms with Crippen molar-refractivity contribution in [2.45, 2.75) is 6.92 Å². The van der Waals surface area contributed by atoms with E-state index in [1.165, 1.54) is 6.08 Å². The molecule has 68 valence electrons. The topological polar surface area (TPSA) is 63.3 Å². The van der Waals surface area contributed by atoms with Crippen molar-refractivity contribution in [2.24, 2.45) is 5.73 Å². The van der Waals surface area contributed by atoms with Crippen LogP contribution in [-0.2, 0) is 4.79 Å². The third-order valence-electron chi connectivity index (χ3n) is 1.68. The van der Waals surface area contributed by atoms with Crippen LogP contribution in [0.1, 0.15) is 11.1 Å². The standard InChI is InChI=1S/C10H11NO2/c1-7-6-9(12)4-2-8(7)3-5-10(11)13/h2-6,12H,1H3,(H2,11,13). The van der Waals surface area contributed by atoms with E-state index in [4.69, 9.17) is 10.8 Å². The van der Waals surface area contributed by atoms with Crippen LogP contribution in [0.15, 0.2) is 24.3 Å². The van der Waals surface area contributed by atoms with Crippen molar-refractivity contribution in [3.05, 3.63) is 35.4 Å². The van der Waals surface area contributed by atoms with Gasteiger partial charge in [0, 0.05) is 6.08 Å². The summed E-state index contributed by atoms with van der Waals surface area (Å²) in [5.41, 5.74) is 6.72. The second-order valence-corrected chi connectivity index (χ2v) is 2.78. The number of carbonyl (C=O) groups excluding carboxylic acids is 1. The lowest BCUT2D eigenvalue weighted by Crippen LogP contribution is -2.05. The van der Waals surface area contributed by atoms with E-state index in [-0.39, 0.29) is 5.75 Å². The Bertz CT molecular complexity index is 356. The first kappa shape index (κ1) is 9.32. The summed E-state index contributed by atoms with van der Waals surface area (Å²) in [6.07, 6.45) is 2.91. The zero-order valence-electron chi connectivity index (χ0n) is 7.32. The highest BCUT2D eigenvalue weighted by Gasteiger charge is 1.95. The average molecular weight is 177 g/mol. The van der Waals surface area contributed by atoms with Crippen molar-refractivity contribution in [1.82, 2.24) is 0 Å². The van der Waals surface area contributed by atoms with Crippen molar-refractivity contribution >= 4 is 12.0 Å². The molecule has 3 N–H and O–H groups in total. The number of benzene rings is 1. The van der Waals surface area contributed by atoms with Crippen molar-refractivity contribution in [3.63, 3.8) is 0 Å². The van der Waals surface area contributed by atoms with E-state index in [2.05, 4.69) is 0 Å². The van der Waals surface area contributed by atoms with Gasteiger partial charge in [0.25, 0.3) is 0 Å². The van der Waals surface area contributed by atoms with Crippen LogP contribution in [0.4, 0.5) is 0 Å². The van der Waals surface area contributed by atoms with Crippen molar-refractivity contribution < 1.29 is 9.90 Å². The molecule has 3 heteroatoms. The number of phenols is 1. The van der Waals surface area contributed by atoms with Crippen LogP contribution in [0.5, 0.6) is 5.75 Å². The molecule has 3 nitrogen and oxygen atoms in total. The Morgan fingerprint density at radius 3 is 2.77 bits per heavy atom. The molecule has 1 amide bonds. The van der Waals surface area contributed by atoms with Gasteiger partial charge in [-0.1, -0.05) is 6.07 Å². The van der Waals surface area contributed by atoms with E-state index in [0.717, 1.165) is 11.1 Å². The molecule has 0 aliphatic heterocycles. The summed E-state index contributed by atoms with van der Waals surface area (Å²) in [5, 5.41) is 9.10. The van der Waals surface area contributed by atoms with Gasteiger partial charge in [0.2, 0.25) is 5.91 Å². The Hall–Kier alpha value is -1.77. The number of aryl methyl sites for hydroxylation is 1. The van der Waals surface area contributed by atoms with Gasteiger partial charge < -0.3 is 10.8 Å². The number of hydrogen-bond acceptors (Lipinski definition) is 2. The van der Waals surface area contributed by atoms with Crippen LogP contribution in [-0.4, -0.2) is 11.0 Å². The Labute approximate surface area is 76.5 Å². The number of nitrogens with two attached hydrogens (primary N) is 1. The van der Waals surface area contributed by atoms with Crippen molar-refractivity contribution in [1.29, 1.82) is 0 Å². The van der Waals surface area contributed by atoms with E-state index in [9.17, 15) is 4.79 Å². The van der Waals surface area contributed by atoms with Crippen molar-refractivity contribution in [2.75, 3.05) is 0 Å². The predicted octanol–water partition coefficient (Wildman–Crippen LogP) is 1.20. The number of hydrogen-bond donors (Lipinski definition) is 2. The Balaban J connectivity index is 2.96. The SMILES string of the molecule is Cc1cc(O)ccc1C=CC(N)=O. The monoisotopic (exact) mass is 177 g/mol. The Kier molecular flexibility index (Phi) is 2.69. The quantitative estimate of drug-likeness (QED) is 0.666. The summed E-state index contributed by atoms with van der Waals surface area (Å²) < 4.78 is 0. The van der Waals surface area contributed by atoms with Gasteiger partial charge in [0.05, 0.1) is 0 Å². The van der Waals surface area contributed by atoms with Gasteiger partial charge in [-0.15, -0.1) is 0 Å². The first-order valence-corrected chi connectivity index (χ1v) is 3.87. The second kappa shape index (κ2) is 3.76. The molecule has 0 atom stereocenters. The minimum absolute atomic E-state index is 0.216. The fourth-order valence-electron chi connectivity index (χ4n) is 1.02. The third kappa shape index (κ3) is 2.63. The van der Waals surface area contributed by atoms with Gasteiger partial charge in [0.1, 0.15) is 5.75 Å². The summed E-state index contributed by atoms with van der Waals surface area (Å²) in [7, 11) is 0. The van der Waals surface area contributed by atoms with Crippen LogP contribution in [0.2, 0.25) is 0 Å². The maximum Gasteiger partial charge on any atom is 0.241 e. The molecule has 0 aliphatic carbocycles. The second-order valence-electron chi connectivity index (χ2n) is 2.78. The number of phenolic OH excluding ortho intramolecular Hbond substituents is 1. The molecule has 13 heavy (non-hydrogen) atoms. The number of rotatable bonds is 2. The number of aromatic hydroxyl groups is 1. The fraction of sp³-hybridized carbons (Fsp3) is 0.100. The molecule has 0 heterocycles. The maximum atomic E-state index is 10.4. The van der Waals surface area contributed by atoms with E-state index in [1.54, 1.807) is 24.3 Å². The summed E-state index contributed by atoms with van der Waals surface area (Å²) in [6.45, 7) is 1.85. The molecule has 0 unspecified atom stereocenters. The minimum atomic E-state index is -0.479. The smallest absolute Gasteiger partial charge is 0.241 e. The zero-order chi connectivity index (χ0) is 9.84.